The van der Waals surface area contributed by atoms with Crippen LogP contribution in [-0.4, -0.2) is 23.8 Å². The molecule has 1 aromatic carbocycles. The van der Waals surface area contributed by atoms with Crippen LogP contribution in [0.1, 0.15) is 56.4 Å². The summed E-state index contributed by atoms with van der Waals surface area (Å²) in [5.41, 5.74) is 1.41. The summed E-state index contributed by atoms with van der Waals surface area (Å²) >= 11 is 0. The number of piperidine rings is 1. The van der Waals surface area contributed by atoms with Crippen LogP contribution in [-0.2, 0) is 0 Å². The Kier molecular flexibility index (Phi) is 4.74. The number of rotatable bonds is 3. The van der Waals surface area contributed by atoms with Crippen molar-refractivity contribution in [2.75, 3.05) is 6.54 Å². The van der Waals surface area contributed by atoms with Crippen molar-refractivity contribution >= 4 is 0 Å². The van der Waals surface area contributed by atoms with Crippen molar-refractivity contribution in [2.24, 2.45) is 5.92 Å². The first-order valence-electron chi connectivity index (χ1n) is 8.32. The Morgan fingerprint density at radius 3 is 2.40 bits per heavy atom. The first kappa shape index (κ1) is 14.1. The van der Waals surface area contributed by atoms with Gasteiger partial charge in [-0.2, -0.15) is 0 Å². The van der Waals surface area contributed by atoms with E-state index in [1.165, 1.54) is 37.7 Å². The molecule has 0 spiro atoms. The zero-order valence-electron chi connectivity index (χ0n) is 12.3. The molecule has 1 aliphatic carbocycles. The maximum atomic E-state index is 10.5. The first-order chi connectivity index (χ1) is 9.86. The lowest BCUT2D eigenvalue weighted by atomic mass is 9.71. The third kappa shape index (κ3) is 3.07. The van der Waals surface area contributed by atoms with Crippen molar-refractivity contribution in [3.05, 3.63) is 35.9 Å². The smallest absolute Gasteiger partial charge is 0.0699 e. The van der Waals surface area contributed by atoms with Crippen molar-refractivity contribution in [3.63, 3.8) is 0 Å². The topological polar surface area (TPSA) is 32.3 Å². The Morgan fingerprint density at radius 2 is 1.70 bits per heavy atom. The molecule has 2 nitrogen and oxygen atoms in total. The normalized spacial score (nSPS) is 30.1. The lowest BCUT2D eigenvalue weighted by Crippen LogP contribution is -2.50. The fraction of sp³-hybridized carbons (Fsp3) is 0.667. The molecule has 1 saturated carbocycles. The summed E-state index contributed by atoms with van der Waals surface area (Å²) in [6.45, 7) is 1.05. The molecule has 20 heavy (non-hydrogen) atoms. The minimum atomic E-state index is -0.184. The van der Waals surface area contributed by atoms with Crippen LogP contribution in [0.4, 0.5) is 0 Å². The molecule has 1 aromatic rings. The van der Waals surface area contributed by atoms with Gasteiger partial charge in [-0.1, -0.05) is 49.6 Å². The number of aliphatic hydroxyl groups is 1. The molecule has 0 aromatic heterocycles. The maximum absolute atomic E-state index is 10.5. The number of hydrogen-bond donors (Lipinski definition) is 2. The van der Waals surface area contributed by atoms with Crippen molar-refractivity contribution in [2.45, 2.75) is 63.0 Å². The average molecular weight is 273 g/mol. The summed E-state index contributed by atoms with van der Waals surface area (Å²) in [6.07, 6.45) is 8.62. The Labute approximate surface area is 122 Å². The predicted octanol–water partition coefficient (Wildman–Crippen LogP) is 3.46. The van der Waals surface area contributed by atoms with Crippen LogP contribution in [0.25, 0.3) is 0 Å². The number of nitrogens with one attached hydrogen (secondary N) is 1. The zero-order valence-corrected chi connectivity index (χ0v) is 12.3. The van der Waals surface area contributed by atoms with Gasteiger partial charge in [-0.25, -0.2) is 0 Å². The van der Waals surface area contributed by atoms with E-state index in [2.05, 4.69) is 35.6 Å². The monoisotopic (exact) mass is 273 g/mol. The average Bonchev–Trinajstić information content (AvgIpc) is 2.52. The molecule has 3 rings (SSSR count). The van der Waals surface area contributed by atoms with Gasteiger partial charge in [-0.05, 0) is 43.7 Å². The van der Waals surface area contributed by atoms with Crippen molar-refractivity contribution in [1.82, 2.24) is 5.32 Å². The SMILES string of the molecule is O[C@@H]1CCCN[C@@H]1[C@@H](c1ccccc1)C1CCCCC1. The lowest BCUT2D eigenvalue weighted by molar-refractivity contribution is 0.0665. The second-order valence-electron chi connectivity index (χ2n) is 6.52. The van der Waals surface area contributed by atoms with Crippen LogP contribution in [0.2, 0.25) is 0 Å². The van der Waals surface area contributed by atoms with Crippen molar-refractivity contribution in [1.29, 1.82) is 0 Å². The molecule has 0 unspecified atom stereocenters. The Balaban J connectivity index is 1.86. The van der Waals surface area contributed by atoms with Gasteiger partial charge >= 0.3 is 0 Å². The first-order valence-corrected chi connectivity index (χ1v) is 8.32. The van der Waals surface area contributed by atoms with E-state index in [1.54, 1.807) is 0 Å². The standard InChI is InChI=1S/C18H27NO/c20-16-12-7-13-19-18(16)17(14-8-3-1-4-9-14)15-10-5-2-6-11-15/h1,3-4,8-9,15-20H,2,5-7,10-13H2/t16-,17+,18+/m1/s1. The van der Waals surface area contributed by atoms with E-state index in [1.807, 2.05) is 0 Å². The van der Waals surface area contributed by atoms with E-state index in [-0.39, 0.29) is 12.1 Å². The van der Waals surface area contributed by atoms with E-state index in [0.717, 1.165) is 25.3 Å². The van der Waals surface area contributed by atoms with Crippen LogP contribution in [0, 0.1) is 5.92 Å². The van der Waals surface area contributed by atoms with E-state index in [0.29, 0.717) is 5.92 Å². The highest BCUT2D eigenvalue weighted by Crippen LogP contribution is 2.40. The van der Waals surface area contributed by atoms with Gasteiger partial charge in [-0.3, -0.25) is 0 Å². The van der Waals surface area contributed by atoms with E-state index in [9.17, 15) is 5.11 Å². The summed E-state index contributed by atoms with van der Waals surface area (Å²) in [4.78, 5) is 0. The largest absolute Gasteiger partial charge is 0.391 e. The molecular weight excluding hydrogens is 246 g/mol. The van der Waals surface area contributed by atoms with E-state index < -0.39 is 0 Å². The fourth-order valence-corrected chi connectivity index (χ4v) is 4.20. The molecule has 110 valence electrons. The van der Waals surface area contributed by atoms with Gasteiger partial charge in [0.15, 0.2) is 0 Å². The van der Waals surface area contributed by atoms with Crippen LogP contribution < -0.4 is 5.32 Å². The van der Waals surface area contributed by atoms with Crippen LogP contribution in [0.15, 0.2) is 30.3 Å². The number of benzene rings is 1. The van der Waals surface area contributed by atoms with Gasteiger partial charge in [0.05, 0.1) is 6.10 Å². The molecular formula is C18H27NO. The van der Waals surface area contributed by atoms with Crippen molar-refractivity contribution in [3.8, 4) is 0 Å². The summed E-state index contributed by atoms with van der Waals surface area (Å²) < 4.78 is 0. The molecule has 0 amide bonds. The molecule has 2 N–H and O–H groups in total. The third-order valence-electron chi connectivity index (χ3n) is 5.20. The highest BCUT2D eigenvalue weighted by Gasteiger charge is 2.36. The molecule has 3 atom stereocenters. The Morgan fingerprint density at radius 1 is 0.950 bits per heavy atom. The molecule has 2 heteroatoms. The Hall–Kier alpha value is -0.860. The highest BCUT2D eigenvalue weighted by atomic mass is 16.3. The summed E-state index contributed by atoms with van der Waals surface area (Å²) in [6, 6.07) is 11.1. The summed E-state index contributed by atoms with van der Waals surface area (Å²) in [5.74, 6) is 1.21. The zero-order chi connectivity index (χ0) is 13.8. The minimum absolute atomic E-state index is 0.184. The van der Waals surface area contributed by atoms with Gasteiger partial charge in [0, 0.05) is 12.0 Å². The third-order valence-corrected chi connectivity index (χ3v) is 5.20. The summed E-state index contributed by atoms with van der Waals surface area (Å²) in [5, 5.41) is 14.1. The quantitative estimate of drug-likeness (QED) is 0.884. The van der Waals surface area contributed by atoms with E-state index in [4.69, 9.17) is 0 Å². The molecule has 0 radical (unpaired) electrons. The van der Waals surface area contributed by atoms with Crippen molar-refractivity contribution < 1.29 is 5.11 Å². The molecule has 0 bridgehead atoms. The second kappa shape index (κ2) is 6.73. The molecule has 1 saturated heterocycles. The van der Waals surface area contributed by atoms with Crippen LogP contribution in [0.3, 0.4) is 0 Å². The Bertz CT molecular complexity index is 399. The minimum Gasteiger partial charge on any atom is -0.391 e. The lowest BCUT2D eigenvalue weighted by Gasteiger charge is -2.41. The van der Waals surface area contributed by atoms with Gasteiger partial charge < -0.3 is 10.4 Å². The molecule has 2 fully saturated rings. The van der Waals surface area contributed by atoms with Gasteiger partial charge in [0.2, 0.25) is 0 Å². The second-order valence-corrected chi connectivity index (χ2v) is 6.52. The van der Waals surface area contributed by atoms with Crippen LogP contribution >= 0.6 is 0 Å². The molecule has 1 heterocycles. The molecule has 1 aliphatic heterocycles. The predicted molar refractivity (Wildman–Crippen MR) is 82.8 cm³/mol. The highest BCUT2D eigenvalue weighted by molar-refractivity contribution is 5.23. The van der Waals surface area contributed by atoms with Gasteiger partial charge in [0.1, 0.15) is 0 Å². The maximum Gasteiger partial charge on any atom is 0.0699 e. The van der Waals surface area contributed by atoms with E-state index >= 15 is 0 Å². The number of aliphatic hydroxyl groups excluding tert-OH is 1. The summed E-state index contributed by atoms with van der Waals surface area (Å²) in [7, 11) is 0. The van der Waals surface area contributed by atoms with Crippen LogP contribution in [0.5, 0.6) is 0 Å². The van der Waals surface area contributed by atoms with Gasteiger partial charge in [0.25, 0.3) is 0 Å². The fourth-order valence-electron chi connectivity index (χ4n) is 4.20. The van der Waals surface area contributed by atoms with Gasteiger partial charge in [-0.15, -0.1) is 0 Å². The molecule has 2 aliphatic rings. The number of hydrogen-bond acceptors (Lipinski definition) is 2.